The summed E-state index contributed by atoms with van der Waals surface area (Å²) in [6, 6.07) is 14.4. The highest BCUT2D eigenvalue weighted by Crippen LogP contribution is 2.33. The number of aromatic nitrogens is 3. The van der Waals surface area contributed by atoms with Gasteiger partial charge >= 0.3 is 0 Å². The number of hydrogen-bond acceptors (Lipinski definition) is 7. The molecule has 1 aliphatic carbocycles. The summed E-state index contributed by atoms with van der Waals surface area (Å²) < 4.78 is 15.0. The third-order valence-corrected chi connectivity index (χ3v) is 6.72. The largest absolute Gasteiger partial charge is 0.365 e. The summed E-state index contributed by atoms with van der Waals surface area (Å²) in [5.74, 6) is -1.12. The number of nitrogens with two attached hydrogens (primary N) is 2. The van der Waals surface area contributed by atoms with E-state index in [1.165, 1.54) is 0 Å². The van der Waals surface area contributed by atoms with Crippen molar-refractivity contribution in [3.05, 3.63) is 72.3 Å². The van der Waals surface area contributed by atoms with E-state index in [-0.39, 0.29) is 29.3 Å². The lowest BCUT2D eigenvalue weighted by Gasteiger charge is -2.30. The summed E-state index contributed by atoms with van der Waals surface area (Å²) in [6.07, 6.45) is 7.20. The Morgan fingerprint density at radius 2 is 1.89 bits per heavy atom. The molecule has 0 spiro atoms. The Bertz CT molecular complexity index is 1420. The van der Waals surface area contributed by atoms with Gasteiger partial charge in [0.05, 0.1) is 16.8 Å². The van der Waals surface area contributed by atoms with Gasteiger partial charge in [0.25, 0.3) is 5.91 Å². The highest BCUT2D eigenvalue weighted by Gasteiger charge is 2.25. The third kappa shape index (κ3) is 4.57. The number of benzene rings is 1. The highest BCUT2D eigenvalue weighted by atomic mass is 19.1. The molecule has 1 aromatic carbocycles. The molecule has 0 radical (unpaired) electrons. The molecule has 5 rings (SSSR count). The van der Waals surface area contributed by atoms with Gasteiger partial charge in [-0.3, -0.25) is 14.8 Å². The molecule has 4 aromatic rings. The van der Waals surface area contributed by atoms with E-state index in [0.29, 0.717) is 11.4 Å². The van der Waals surface area contributed by atoms with E-state index in [9.17, 15) is 9.18 Å². The van der Waals surface area contributed by atoms with Crippen molar-refractivity contribution in [2.24, 2.45) is 11.5 Å². The molecule has 184 valence electrons. The number of anilines is 3. The molecule has 8 nitrogen and oxygen atoms in total. The molecule has 36 heavy (non-hydrogen) atoms. The van der Waals surface area contributed by atoms with Crippen LogP contribution in [0.2, 0.25) is 0 Å². The molecular weight excluding hydrogens is 457 g/mol. The lowest BCUT2D eigenvalue weighted by atomic mass is 9.91. The zero-order chi connectivity index (χ0) is 25.2. The van der Waals surface area contributed by atoms with Crippen LogP contribution in [0.1, 0.15) is 36.0 Å². The molecule has 9 heteroatoms. The van der Waals surface area contributed by atoms with E-state index < -0.39 is 11.7 Å². The summed E-state index contributed by atoms with van der Waals surface area (Å²) in [4.78, 5) is 27.5. The SMILES string of the molecule is CN(c1ccnc(-c2cccc3cccnc23)c1)c1nc(N[C@@H]2CCCCC2N)c(F)cc1C(N)=O. The number of amides is 1. The van der Waals surface area contributed by atoms with E-state index in [2.05, 4.69) is 20.3 Å². The van der Waals surface area contributed by atoms with Crippen LogP contribution in [-0.2, 0) is 0 Å². The van der Waals surface area contributed by atoms with Crippen molar-refractivity contribution in [3.8, 4) is 11.3 Å². The van der Waals surface area contributed by atoms with Gasteiger partial charge in [0.1, 0.15) is 5.82 Å². The van der Waals surface area contributed by atoms with Crippen molar-refractivity contribution in [1.82, 2.24) is 15.0 Å². The number of carbonyl (C=O) groups excluding carboxylic acids is 1. The van der Waals surface area contributed by atoms with Crippen LogP contribution < -0.4 is 21.7 Å². The zero-order valence-electron chi connectivity index (χ0n) is 20.0. The monoisotopic (exact) mass is 485 g/mol. The number of rotatable bonds is 6. The van der Waals surface area contributed by atoms with Crippen LogP contribution >= 0.6 is 0 Å². The van der Waals surface area contributed by atoms with Gasteiger partial charge in [-0.15, -0.1) is 0 Å². The second kappa shape index (κ2) is 9.87. The van der Waals surface area contributed by atoms with Crippen molar-refractivity contribution in [2.45, 2.75) is 37.8 Å². The van der Waals surface area contributed by atoms with E-state index in [1.54, 1.807) is 30.4 Å². The van der Waals surface area contributed by atoms with Crippen molar-refractivity contribution >= 4 is 34.1 Å². The average molecular weight is 486 g/mol. The number of fused-ring (bicyclic) bond motifs is 1. The third-order valence-electron chi connectivity index (χ3n) is 6.72. The Hall–Kier alpha value is -4.11. The topological polar surface area (TPSA) is 123 Å². The summed E-state index contributed by atoms with van der Waals surface area (Å²) in [6.45, 7) is 0. The van der Waals surface area contributed by atoms with E-state index in [0.717, 1.165) is 48.2 Å². The van der Waals surface area contributed by atoms with Gasteiger partial charge in [-0.05, 0) is 37.1 Å². The van der Waals surface area contributed by atoms with E-state index >= 15 is 0 Å². The number of pyridine rings is 3. The Morgan fingerprint density at radius 3 is 2.69 bits per heavy atom. The molecule has 2 atom stereocenters. The Kier molecular flexibility index (Phi) is 6.47. The van der Waals surface area contributed by atoms with Crippen LogP contribution in [0, 0.1) is 5.82 Å². The first-order valence-corrected chi connectivity index (χ1v) is 12.0. The van der Waals surface area contributed by atoms with Gasteiger partial charge < -0.3 is 21.7 Å². The molecule has 3 aromatic heterocycles. The van der Waals surface area contributed by atoms with Gasteiger partial charge in [-0.1, -0.05) is 37.1 Å². The first-order chi connectivity index (χ1) is 17.4. The molecule has 3 heterocycles. The molecule has 1 fully saturated rings. The number of primary amides is 1. The quantitative estimate of drug-likeness (QED) is 0.370. The minimum atomic E-state index is -0.767. The molecule has 0 aliphatic heterocycles. The van der Waals surface area contributed by atoms with Crippen LogP contribution in [0.15, 0.2) is 60.9 Å². The number of nitrogens with zero attached hydrogens (tertiary/aromatic N) is 4. The molecule has 1 aliphatic rings. The fraction of sp³-hybridized carbons (Fsp3) is 0.259. The smallest absolute Gasteiger partial charge is 0.252 e. The molecule has 1 unspecified atom stereocenters. The lowest BCUT2D eigenvalue weighted by molar-refractivity contribution is 0.1000. The fourth-order valence-corrected chi connectivity index (χ4v) is 4.74. The number of carbonyl (C=O) groups is 1. The minimum absolute atomic E-state index is 0.0151. The number of halogens is 1. The van der Waals surface area contributed by atoms with Crippen LogP contribution in [0.4, 0.5) is 21.7 Å². The number of para-hydroxylation sites is 1. The van der Waals surface area contributed by atoms with Crippen LogP contribution in [0.25, 0.3) is 22.2 Å². The van der Waals surface area contributed by atoms with Gasteiger partial charge in [0.2, 0.25) is 0 Å². The molecular formula is C27H28FN7O. The standard InChI is InChI=1S/C27H28FN7O/c1-35(17-11-13-31-23(14-17)18-8-4-6-16-7-5-12-32-24(16)18)27-19(25(30)36)15-20(28)26(34-27)33-22-10-3-2-9-21(22)29/h4-8,11-15,21-22H,2-3,9-10,29H2,1H3,(H2,30,36)(H,33,34)/t21?,22-/m1/s1. The summed E-state index contributed by atoms with van der Waals surface area (Å²) in [7, 11) is 1.75. The number of nitrogens with one attached hydrogen (secondary N) is 1. The maximum atomic E-state index is 15.0. The molecule has 0 bridgehead atoms. The Labute approximate surface area is 208 Å². The van der Waals surface area contributed by atoms with Crippen LogP contribution in [0.3, 0.4) is 0 Å². The summed E-state index contributed by atoms with van der Waals surface area (Å²) in [5.41, 5.74) is 15.0. The summed E-state index contributed by atoms with van der Waals surface area (Å²) in [5, 5.41) is 4.16. The van der Waals surface area contributed by atoms with E-state index in [4.69, 9.17) is 11.5 Å². The van der Waals surface area contributed by atoms with E-state index in [1.807, 2.05) is 36.4 Å². The first kappa shape index (κ1) is 23.6. The van der Waals surface area contributed by atoms with Crippen molar-refractivity contribution in [3.63, 3.8) is 0 Å². The fourth-order valence-electron chi connectivity index (χ4n) is 4.74. The van der Waals surface area contributed by atoms with Crippen molar-refractivity contribution in [1.29, 1.82) is 0 Å². The lowest BCUT2D eigenvalue weighted by Crippen LogP contribution is -2.43. The molecule has 5 N–H and O–H groups in total. The maximum Gasteiger partial charge on any atom is 0.252 e. The second-order valence-electron chi connectivity index (χ2n) is 9.09. The van der Waals surface area contributed by atoms with Crippen LogP contribution in [-0.4, -0.2) is 40.0 Å². The second-order valence-corrected chi connectivity index (χ2v) is 9.09. The number of hydrogen-bond donors (Lipinski definition) is 3. The van der Waals surface area contributed by atoms with Crippen molar-refractivity contribution < 1.29 is 9.18 Å². The highest BCUT2D eigenvalue weighted by molar-refractivity contribution is 5.99. The van der Waals surface area contributed by atoms with Gasteiger partial charge in [-0.2, -0.15) is 0 Å². The summed E-state index contributed by atoms with van der Waals surface area (Å²) >= 11 is 0. The normalized spacial score (nSPS) is 17.6. The predicted molar refractivity (Wildman–Crippen MR) is 140 cm³/mol. The first-order valence-electron chi connectivity index (χ1n) is 12.0. The predicted octanol–water partition coefficient (Wildman–Crippen LogP) is 4.38. The zero-order valence-corrected chi connectivity index (χ0v) is 20.0. The molecule has 1 saturated carbocycles. The maximum absolute atomic E-state index is 15.0. The van der Waals surface area contributed by atoms with Gasteiger partial charge in [0.15, 0.2) is 11.6 Å². The molecule has 0 saturated heterocycles. The van der Waals surface area contributed by atoms with Gasteiger partial charge in [-0.25, -0.2) is 9.37 Å². The van der Waals surface area contributed by atoms with Crippen LogP contribution in [0.5, 0.6) is 0 Å². The molecule has 1 amide bonds. The van der Waals surface area contributed by atoms with Gasteiger partial charge in [0, 0.05) is 48.2 Å². The average Bonchev–Trinajstić information content (AvgIpc) is 2.90. The van der Waals surface area contributed by atoms with Crippen molar-refractivity contribution in [2.75, 3.05) is 17.3 Å². The Morgan fingerprint density at radius 1 is 1.08 bits per heavy atom. The Balaban J connectivity index is 1.54. The minimum Gasteiger partial charge on any atom is -0.365 e.